The molecular weight excluding hydrogens is 532 g/mol. The smallest absolute Gasteiger partial charge is 0.354 e. The first-order valence-corrected chi connectivity index (χ1v) is 14.5. The van der Waals surface area contributed by atoms with Crippen LogP contribution in [-0.2, 0) is 14.3 Å². The highest BCUT2D eigenvalue weighted by Crippen LogP contribution is 2.27. The first-order chi connectivity index (χ1) is 19.0. The summed E-state index contributed by atoms with van der Waals surface area (Å²) in [6.07, 6.45) is 4.04. The van der Waals surface area contributed by atoms with Crippen molar-refractivity contribution < 1.29 is 27.0 Å². The van der Waals surface area contributed by atoms with E-state index in [1.54, 1.807) is 54.6 Å². The molecule has 0 aliphatic rings. The van der Waals surface area contributed by atoms with Crippen LogP contribution in [0.15, 0.2) is 72.8 Å². The fraction of sp³-hybridized carbons (Fsp3) is 0.241. The number of amidine groups is 1. The van der Waals surface area contributed by atoms with Gasteiger partial charge in [-0.3, -0.25) is 15.1 Å². The van der Waals surface area contributed by atoms with E-state index in [0.717, 1.165) is 30.4 Å². The van der Waals surface area contributed by atoms with Crippen LogP contribution in [0.1, 0.15) is 58.9 Å². The predicted molar refractivity (Wildman–Crippen MR) is 154 cm³/mol. The SMILES string of the molecule is CCCCCCN(C(=O)Nc1ccc(C(=N)N)cc1)C(=O)c1ccc(-c2ccccc2)c(C(=O)OS(C)(=O)=O)c1. The fourth-order valence-electron chi connectivity index (χ4n) is 3.97. The summed E-state index contributed by atoms with van der Waals surface area (Å²) < 4.78 is 28.0. The Morgan fingerprint density at radius 2 is 1.57 bits per heavy atom. The maximum Gasteiger partial charge on any atom is 0.354 e. The molecule has 0 fully saturated rings. The molecule has 4 N–H and O–H groups in total. The quantitative estimate of drug-likeness (QED) is 0.128. The van der Waals surface area contributed by atoms with Crippen LogP contribution in [0.4, 0.5) is 10.5 Å². The minimum Gasteiger partial charge on any atom is -0.384 e. The third kappa shape index (κ3) is 8.24. The molecule has 40 heavy (non-hydrogen) atoms. The van der Waals surface area contributed by atoms with E-state index in [9.17, 15) is 22.8 Å². The van der Waals surface area contributed by atoms with E-state index in [1.165, 1.54) is 18.2 Å². The number of nitrogens with one attached hydrogen (secondary N) is 2. The average Bonchev–Trinajstić information content (AvgIpc) is 2.92. The molecule has 3 aromatic carbocycles. The highest BCUT2D eigenvalue weighted by molar-refractivity contribution is 7.86. The lowest BCUT2D eigenvalue weighted by atomic mass is 9.97. The van der Waals surface area contributed by atoms with Gasteiger partial charge in [0.15, 0.2) is 0 Å². The van der Waals surface area contributed by atoms with Crippen LogP contribution >= 0.6 is 0 Å². The van der Waals surface area contributed by atoms with Crippen molar-refractivity contribution in [1.29, 1.82) is 5.41 Å². The molecule has 0 unspecified atom stereocenters. The third-order valence-electron chi connectivity index (χ3n) is 5.97. The van der Waals surface area contributed by atoms with E-state index in [1.807, 2.05) is 6.92 Å². The van der Waals surface area contributed by atoms with E-state index in [-0.39, 0.29) is 23.5 Å². The Kier molecular flexibility index (Phi) is 10.2. The maximum atomic E-state index is 13.6. The molecule has 11 heteroatoms. The van der Waals surface area contributed by atoms with Crippen molar-refractivity contribution in [2.45, 2.75) is 32.6 Å². The van der Waals surface area contributed by atoms with Gasteiger partial charge in [-0.15, -0.1) is 0 Å². The molecule has 0 saturated carbocycles. The van der Waals surface area contributed by atoms with Gasteiger partial charge >= 0.3 is 22.1 Å². The van der Waals surface area contributed by atoms with Gasteiger partial charge in [-0.05, 0) is 53.9 Å². The fourth-order valence-corrected chi connectivity index (χ4v) is 4.33. The van der Waals surface area contributed by atoms with Gasteiger partial charge in [0, 0.05) is 23.4 Å². The summed E-state index contributed by atoms with van der Waals surface area (Å²) in [7, 11) is -4.12. The highest BCUT2D eigenvalue weighted by Gasteiger charge is 2.26. The van der Waals surface area contributed by atoms with Crippen molar-refractivity contribution in [3.63, 3.8) is 0 Å². The Morgan fingerprint density at radius 3 is 2.17 bits per heavy atom. The van der Waals surface area contributed by atoms with Gasteiger partial charge in [-0.25, -0.2) is 9.59 Å². The third-order valence-corrected chi connectivity index (χ3v) is 6.43. The molecule has 0 aromatic heterocycles. The van der Waals surface area contributed by atoms with Crippen molar-refractivity contribution in [2.24, 2.45) is 5.73 Å². The lowest BCUT2D eigenvalue weighted by Gasteiger charge is -2.22. The number of carbonyl (C=O) groups excluding carboxylic acids is 3. The first-order valence-electron chi connectivity index (χ1n) is 12.7. The topological polar surface area (TPSA) is 160 Å². The first kappa shape index (κ1) is 30.0. The van der Waals surface area contributed by atoms with E-state index >= 15 is 0 Å². The van der Waals surface area contributed by atoms with E-state index in [2.05, 4.69) is 9.50 Å². The van der Waals surface area contributed by atoms with Crippen molar-refractivity contribution in [1.82, 2.24) is 4.90 Å². The minimum absolute atomic E-state index is 0.0118. The molecule has 0 radical (unpaired) electrons. The minimum atomic E-state index is -4.12. The molecule has 3 aromatic rings. The summed E-state index contributed by atoms with van der Waals surface area (Å²) >= 11 is 0. The number of rotatable bonds is 11. The predicted octanol–water partition coefficient (Wildman–Crippen LogP) is 5.01. The number of nitrogens with two attached hydrogens (primary N) is 1. The molecule has 3 rings (SSSR count). The second-order valence-corrected chi connectivity index (χ2v) is 10.7. The summed E-state index contributed by atoms with van der Waals surface area (Å²) in [5, 5.41) is 10.2. The second kappa shape index (κ2) is 13.5. The lowest BCUT2D eigenvalue weighted by Crippen LogP contribution is -2.40. The molecule has 0 spiro atoms. The van der Waals surface area contributed by atoms with Gasteiger partial charge in [0.2, 0.25) is 0 Å². The zero-order chi connectivity index (χ0) is 29.3. The summed E-state index contributed by atoms with van der Waals surface area (Å²) in [6.45, 7) is 2.17. The van der Waals surface area contributed by atoms with Crippen molar-refractivity contribution in [3.05, 3.63) is 89.5 Å². The summed E-state index contributed by atoms with van der Waals surface area (Å²) in [6, 6.07) is 18.6. The zero-order valence-corrected chi connectivity index (χ0v) is 23.2. The van der Waals surface area contributed by atoms with Crippen LogP contribution < -0.4 is 11.1 Å². The Morgan fingerprint density at radius 1 is 0.925 bits per heavy atom. The summed E-state index contributed by atoms with van der Waals surface area (Å²) in [5.74, 6) is -1.92. The Bertz CT molecular complexity index is 1490. The Labute approximate surface area is 233 Å². The summed E-state index contributed by atoms with van der Waals surface area (Å²) in [4.78, 5) is 40.8. The Balaban J connectivity index is 1.97. The molecule has 0 aliphatic heterocycles. The van der Waals surface area contributed by atoms with Gasteiger partial charge in [-0.1, -0.05) is 62.6 Å². The standard InChI is InChI=1S/C29H32N4O6S/c1-3-4-5-9-18-33(29(36)32-23-15-12-21(13-16-23)26(30)31)27(34)22-14-17-24(20-10-7-6-8-11-20)25(19-22)28(35)39-40(2,37)38/h6-8,10-17,19H,3-5,9,18H2,1-2H3,(H3,30,31)(H,32,36). The zero-order valence-electron chi connectivity index (χ0n) is 22.3. The molecule has 0 heterocycles. The number of hydrogen-bond donors (Lipinski definition) is 3. The molecule has 0 atom stereocenters. The second-order valence-electron chi connectivity index (χ2n) is 9.14. The lowest BCUT2D eigenvalue weighted by molar-refractivity contribution is 0.0749. The van der Waals surface area contributed by atoms with Crippen LogP contribution in [0.3, 0.4) is 0 Å². The number of imide groups is 1. The molecule has 210 valence electrons. The molecular formula is C29H32N4O6S. The molecule has 0 bridgehead atoms. The maximum absolute atomic E-state index is 13.6. The number of anilines is 1. The van der Waals surface area contributed by atoms with E-state index < -0.39 is 28.0 Å². The van der Waals surface area contributed by atoms with Gasteiger partial charge in [0.25, 0.3) is 5.91 Å². The number of urea groups is 1. The number of nitrogens with zero attached hydrogens (tertiary/aromatic N) is 1. The summed E-state index contributed by atoms with van der Waals surface area (Å²) in [5.41, 5.74) is 7.24. The van der Waals surface area contributed by atoms with Gasteiger partial charge in [0.1, 0.15) is 5.84 Å². The van der Waals surface area contributed by atoms with Crippen LogP contribution in [0.2, 0.25) is 0 Å². The number of nitrogen functional groups attached to an aromatic ring is 1. The molecule has 0 aliphatic carbocycles. The van der Waals surface area contributed by atoms with Crippen LogP contribution in [0, 0.1) is 5.41 Å². The number of hydrogen-bond acceptors (Lipinski definition) is 7. The Hall–Kier alpha value is -4.51. The van der Waals surface area contributed by atoms with Crippen LogP contribution in [0.25, 0.3) is 11.1 Å². The van der Waals surface area contributed by atoms with Crippen LogP contribution in [-0.4, -0.2) is 49.9 Å². The molecule has 3 amide bonds. The van der Waals surface area contributed by atoms with Gasteiger partial charge in [0.05, 0.1) is 11.8 Å². The number of carbonyl (C=O) groups is 3. The van der Waals surface area contributed by atoms with Gasteiger partial charge < -0.3 is 15.2 Å². The van der Waals surface area contributed by atoms with E-state index in [4.69, 9.17) is 11.1 Å². The van der Waals surface area contributed by atoms with Gasteiger partial charge in [-0.2, -0.15) is 8.42 Å². The highest BCUT2D eigenvalue weighted by atomic mass is 32.2. The average molecular weight is 565 g/mol. The van der Waals surface area contributed by atoms with Crippen molar-refractivity contribution >= 4 is 39.5 Å². The number of benzene rings is 3. The number of amides is 3. The largest absolute Gasteiger partial charge is 0.384 e. The van der Waals surface area contributed by atoms with Crippen molar-refractivity contribution in [3.8, 4) is 11.1 Å². The number of unbranched alkanes of at least 4 members (excludes halogenated alkanes) is 3. The molecule has 0 saturated heterocycles. The van der Waals surface area contributed by atoms with E-state index in [0.29, 0.717) is 28.8 Å². The molecule has 10 nitrogen and oxygen atoms in total. The van der Waals surface area contributed by atoms with Crippen LogP contribution in [0.5, 0.6) is 0 Å². The van der Waals surface area contributed by atoms with Crippen molar-refractivity contribution in [2.75, 3.05) is 18.1 Å². The normalized spacial score (nSPS) is 10.9. The monoisotopic (exact) mass is 564 g/mol.